The van der Waals surface area contributed by atoms with Crippen molar-refractivity contribution in [3.63, 3.8) is 0 Å². The Balaban J connectivity index is 4.39. The maximum Gasteiger partial charge on any atom is 0.310 e. The second-order valence-corrected chi connectivity index (χ2v) is 18.8. The second-order valence-electron chi connectivity index (χ2n) is 18.8. The van der Waals surface area contributed by atoms with E-state index < -0.39 is 12.1 Å². The number of unbranched alkanes of at least 4 members (excludes halogenated alkanes) is 21. The summed E-state index contributed by atoms with van der Waals surface area (Å²) in [4.78, 5) is 38.1. The molecule has 0 aromatic carbocycles. The predicted octanol–water partition coefficient (Wildman–Crippen LogP) is 19.6. The van der Waals surface area contributed by atoms with Crippen molar-refractivity contribution in [3.8, 4) is 0 Å². The first-order valence-corrected chi connectivity index (χ1v) is 29.0. The lowest BCUT2D eigenvalue weighted by Crippen LogP contribution is -2.30. The van der Waals surface area contributed by atoms with Crippen LogP contribution in [-0.2, 0) is 28.6 Å². The molecule has 1 unspecified atom stereocenters. The standard InChI is InChI=1S/C65H106O6/c1-4-7-10-13-16-19-22-25-27-28-29-30-31-32-33-34-35-36-38-40-43-46-49-52-55-58-64(67)70-61-62(60-69-63(66)57-54-51-48-45-42-39-24-21-18-15-12-9-6-3)71-65(68)59-56-53-50-47-44-41-37-26-23-20-17-14-11-8-5-2/h7-8,10-11,16-17,19-21,24-27,29-30,37,44,47,53,56,62H,4-6,9,12-15,18,22-23,28,31-36,38-43,45-46,48-52,54-55,57-61H2,1-3H3/b10-7-,11-8-,19-16-,20-17-,24-21-,27-25-,30-29-,37-26-,47-44-,56-53-. The van der Waals surface area contributed by atoms with Gasteiger partial charge in [0, 0.05) is 12.8 Å². The number of hydrogen-bond acceptors (Lipinski definition) is 6. The van der Waals surface area contributed by atoms with Crippen LogP contribution < -0.4 is 0 Å². The molecule has 402 valence electrons. The fourth-order valence-electron chi connectivity index (χ4n) is 7.68. The minimum atomic E-state index is -0.839. The molecule has 0 radical (unpaired) electrons. The van der Waals surface area contributed by atoms with E-state index in [0.29, 0.717) is 19.3 Å². The van der Waals surface area contributed by atoms with Gasteiger partial charge in [0.25, 0.3) is 0 Å². The molecule has 0 saturated carbocycles. The van der Waals surface area contributed by atoms with Gasteiger partial charge in [-0.3, -0.25) is 14.4 Å². The number of ether oxygens (including phenoxy) is 3. The third kappa shape index (κ3) is 56.6. The van der Waals surface area contributed by atoms with Gasteiger partial charge in [-0.15, -0.1) is 0 Å². The van der Waals surface area contributed by atoms with Crippen molar-refractivity contribution in [1.29, 1.82) is 0 Å². The highest BCUT2D eigenvalue weighted by Crippen LogP contribution is 2.15. The van der Waals surface area contributed by atoms with Crippen LogP contribution in [0.5, 0.6) is 0 Å². The predicted molar refractivity (Wildman–Crippen MR) is 306 cm³/mol. The Labute approximate surface area is 437 Å². The number of rotatable bonds is 51. The Bertz CT molecular complexity index is 1500. The Morgan fingerprint density at radius 2 is 0.592 bits per heavy atom. The quantitative estimate of drug-likeness (QED) is 0.0261. The summed E-state index contributed by atoms with van der Waals surface area (Å²) in [7, 11) is 0. The topological polar surface area (TPSA) is 78.9 Å². The van der Waals surface area contributed by atoms with Gasteiger partial charge in [0.05, 0.1) is 6.42 Å². The molecule has 6 nitrogen and oxygen atoms in total. The molecule has 0 aliphatic rings. The van der Waals surface area contributed by atoms with Gasteiger partial charge in [0.1, 0.15) is 13.2 Å². The summed E-state index contributed by atoms with van der Waals surface area (Å²) in [5, 5.41) is 0. The average molecular weight is 984 g/mol. The smallest absolute Gasteiger partial charge is 0.310 e. The van der Waals surface area contributed by atoms with Crippen molar-refractivity contribution in [2.24, 2.45) is 0 Å². The number of carbonyl (C=O) groups is 3. The van der Waals surface area contributed by atoms with Gasteiger partial charge >= 0.3 is 17.9 Å². The van der Waals surface area contributed by atoms with E-state index in [9.17, 15) is 14.4 Å². The molecule has 0 rings (SSSR count). The third-order valence-electron chi connectivity index (χ3n) is 12.0. The second kappa shape index (κ2) is 58.4. The highest BCUT2D eigenvalue weighted by atomic mass is 16.6. The number of allylic oxidation sites excluding steroid dienone is 19. The summed E-state index contributed by atoms with van der Waals surface area (Å²) in [6.07, 6.45) is 80.8. The van der Waals surface area contributed by atoms with E-state index in [4.69, 9.17) is 14.2 Å². The Kier molecular flexibility index (Phi) is 54.9. The molecule has 0 spiro atoms. The normalized spacial score (nSPS) is 13.0. The lowest BCUT2D eigenvalue weighted by Gasteiger charge is -2.18. The van der Waals surface area contributed by atoms with E-state index in [1.807, 2.05) is 6.08 Å². The van der Waals surface area contributed by atoms with Gasteiger partial charge in [0.15, 0.2) is 6.10 Å². The molecular weight excluding hydrogens is 877 g/mol. The Morgan fingerprint density at radius 3 is 0.944 bits per heavy atom. The number of esters is 3. The third-order valence-corrected chi connectivity index (χ3v) is 12.0. The molecule has 1 atom stereocenters. The lowest BCUT2D eigenvalue weighted by atomic mass is 10.0. The van der Waals surface area contributed by atoms with Crippen LogP contribution in [0.4, 0.5) is 0 Å². The zero-order valence-electron chi connectivity index (χ0n) is 45.9. The minimum absolute atomic E-state index is 0.0917. The summed E-state index contributed by atoms with van der Waals surface area (Å²) in [5.74, 6) is -1.06. The van der Waals surface area contributed by atoms with E-state index >= 15 is 0 Å². The zero-order valence-corrected chi connectivity index (χ0v) is 45.9. The fourth-order valence-corrected chi connectivity index (χ4v) is 7.68. The molecule has 0 saturated heterocycles. The van der Waals surface area contributed by atoms with Crippen molar-refractivity contribution >= 4 is 17.9 Å². The molecule has 0 heterocycles. The monoisotopic (exact) mass is 983 g/mol. The summed E-state index contributed by atoms with van der Waals surface area (Å²) in [6.45, 7) is 6.30. The molecule has 0 amide bonds. The van der Waals surface area contributed by atoms with Crippen molar-refractivity contribution in [2.75, 3.05) is 13.2 Å². The first kappa shape index (κ1) is 66.8. The van der Waals surface area contributed by atoms with E-state index in [1.165, 1.54) is 103 Å². The Morgan fingerprint density at radius 1 is 0.310 bits per heavy atom. The molecule has 0 bridgehead atoms. The minimum Gasteiger partial charge on any atom is -0.462 e. The lowest BCUT2D eigenvalue weighted by molar-refractivity contribution is -0.166. The van der Waals surface area contributed by atoms with Crippen LogP contribution in [0.3, 0.4) is 0 Å². The van der Waals surface area contributed by atoms with Crippen LogP contribution in [0.1, 0.15) is 252 Å². The average Bonchev–Trinajstić information content (AvgIpc) is 3.37. The summed E-state index contributed by atoms with van der Waals surface area (Å²) >= 11 is 0. The maximum absolute atomic E-state index is 12.8. The van der Waals surface area contributed by atoms with Gasteiger partial charge in [-0.1, -0.05) is 245 Å². The Hall–Kier alpha value is -4.19. The van der Waals surface area contributed by atoms with E-state index in [-0.39, 0.29) is 31.6 Å². The first-order chi connectivity index (χ1) is 35.0. The van der Waals surface area contributed by atoms with Crippen molar-refractivity contribution < 1.29 is 28.6 Å². The van der Waals surface area contributed by atoms with Gasteiger partial charge in [0.2, 0.25) is 0 Å². The maximum atomic E-state index is 12.8. The molecule has 0 aliphatic carbocycles. The molecule has 0 aliphatic heterocycles. The highest BCUT2D eigenvalue weighted by Gasteiger charge is 2.19. The summed E-state index contributed by atoms with van der Waals surface area (Å²) in [6, 6.07) is 0. The molecule has 71 heavy (non-hydrogen) atoms. The van der Waals surface area contributed by atoms with Gasteiger partial charge in [-0.2, -0.15) is 0 Å². The van der Waals surface area contributed by atoms with Crippen molar-refractivity contribution in [2.45, 2.75) is 258 Å². The fraction of sp³-hybridized carbons (Fsp3) is 0.646. The van der Waals surface area contributed by atoms with Crippen LogP contribution in [0.25, 0.3) is 0 Å². The van der Waals surface area contributed by atoms with Crippen LogP contribution >= 0.6 is 0 Å². The van der Waals surface area contributed by atoms with Gasteiger partial charge in [-0.25, -0.2) is 0 Å². The SMILES string of the molecule is CC/C=C\C/C=C\C/C=C\C/C=C\C/C=C\CC(=O)OC(COC(=O)CCCCCCC/C=C\CCCCCC)COC(=O)CCCCCCCCCCCCCC/C=C\C/C=C\C/C=C\C/C=C\CC. The molecule has 0 aromatic heterocycles. The van der Waals surface area contributed by atoms with Crippen LogP contribution in [-0.4, -0.2) is 37.2 Å². The first-order valence-electron chi connectivity index (χ1n) is 29.0. The van der Waals surface area contributed by atoms with E-state index in [2.05, 4.69) is 130 Å². The van der Waals surface area contributed by atoms with E-state index in [1.54, 1.807) is 6.08 Å². The van der Waals surface area contributed by atoms with Gasteiger partial charge in [-0.05, 0) is 109 Å². The molecule has 0 N–H and O–H groups in total. The molecule has 6 heteroatoms. The highest BCUT2D eigenvalue weighted by molar-refractivity contribution is 5.72. The molecule has 0 fully saturated rings. The van der Waals surface area contributed by atoms with E-state index in [0.717, 1.165) is 103 Å². The molecular formula is C65H106O6. The van der Waals surface area contributed by atoms with Crippen LogP contribution in [0.15, 0.2) is 122 Å². The van der Waals surface area contributed by atoms with Crippen LogP contribution in [0, 0.1) is 0 Å². The largest absolute Gasteiger partial charge is 0.462 e. The summed E-state index contributed by atoms with van der Waals surface area (Å²) in [5.41, 5.74) is 0. The summed E-state index contributed by atoms with van der Waals surface area (Å²) < 4.78 is 16.7. The van der Waals surface area contributed by atoms with Crippen LogP contribution in [0.2, 0.25) is 0 Å². The van der Waals surface area contributed by atoms with Gasteiger partial charge < -0.3 is 14.2 Å². The number of hydrogen-bond donors (Lipinski definition) is 0. The molecule has 0 aromatic rings. The number of carbonyl (C=O) groups excluding carboxylic acids is 3. The zero-order chi connectivity index (χ0) is 51.4. The van der Waals surface area contributed by atoms with Crippen molar-refractivity contribution in [1.82, 2.24) is 0 Å². The van der Waals surface area contributed by atoms with Crippen molar-refractivity contribution in [3.05, 3.63) is 122 Å².